The van der Waals surface area contributed by atoms with Gasteiger partial charge in [0.15, 0.2) is 0 Å². The van der Waals surface area contributed by atoms with Crippen LogP contribution in [0.25, 0.3) is 6.08 Å². The number of carbonyl (C=O) groups excluding carboxylic acids is 1. The first-order valence-electron chi connectivity index (χ1n) is 8.76. The van der Waals surface area contributed by atoms with E-state index >= 15 is 0 Å². The molecule has 156 valence electrons. The highest BCUT2D eigenvalue weighted by atomic mass is 35.5. The summed E-state index contributed by atoms with van der Waals surface area (Å²) in [5.41, 5.74) is 0.657. The van der Waals surface area contributed by atoms with E-state index in [0.29, 0.717) is 21.3 Å². The highest BCUT2D eigenvalue weighted by Gasteiger charge is 2.17. The standard InChI is InChI=1S/C22H14Cl2N2O4S/c23-17-7-9-21(10-8-17)31(28,29)30-20-6-1-3-15(12-20)11-16(14-25)22(27)26-19-5-2-4-18(24)13-19/h1-13H,(H,26,27)/b16-11-. The number of nitrogens with zero attached hydrogens (tertiary/aromatic N) is 1. The zero-order valence-corrected chi connectivity index (χ0v) is 18.1. The van der Waals surface area contributed by atoms with Gasteiger partial charge >= 0.3 is 10.1 Å². The molecule has 0 fully saturated rings. The van der Waals surface area contributed by atoms with Gasteiger partial charge in [0.1, 0.15) is 22.3 Å². The van der Waals surface area contributed by atoms with Crippen LogP contribution in [0.5, 0.6) is 5.75 Å². The molecule has 31 heavy (non-hydrogen) atoms. The van der Waals surface area contributed by atoms with Gasteiger partial charge in [0.05, 0.1) is 0 Å². The Morgan fingerprint density at radius 1 is 0.968 bits per heavy atom. The molecule has 9 heteroatoms. The first kappa shape index (κ1) is 22.4. The average Bonchev–Trinajstić information content (AvgIpc) is 2.72. The lowest BCUT2D eigenvalue weighted by Gasteiger charge is -2.08. The summed E-state index contributed by atoms with van der Waals surface area (Å²) in [5.74, 6) is -0.610. The maximum atomic E-state index is 12.4. The van der Waals surface area contributed by atoms with Crippen molar-refractivity contribution in [2.24, 2.45) is 0 Å². The molecule has 0 spiro atoms. The third-order valence-electron chi connectivity index (χ3n) is 3.92. The molecule has 0 bridgehead atoms. The van der Waals surface area contributed by atoms with Gasteiger partial charge in [0.25, 0.3) is 5.91 Å². The Morgan fingerprint density at radius 2 is 1.68 bits per heavy atom. The van der Waals surface area contributed by atoms with Crippen LogP contribution < -0.4 is 9.50 Å². The molecule has 0 heterocycles. The molecule has 0 aliphatic heterocycles. The van der Waals surface area contributed by atoms with E-state index in [1.807, 2.05) is 6.07 Å². The molecule has 3 rings (SSSR count). The van der Waals surface area contributed by atoms with Gasteiger partial charge in [-0.05, 0) is 66.2 Å². The van der Waals surface area contributed by atoms with Gasteiger partial charge in [0, 0.05) is 15.7 Å². The van der Waals surface area contributed by atoms with Crippen molar-refractivity contribution >= 4 is 51.0 Å². The summed E-state index contributed by atoms with van der Waals surface area (Å²) in [6.07, 6.45) is 1.32. The van der Waals surface area contributed by atoms with Crippen LogP contribution in [-0.2, 0) is 14.9 Å². The summed E-state index contributed by atoms with van der Waals surface area (Å²) >= 11 is 11.7. The van der Waals surface area contributed by atoms with Crippen molar-refractivity contribution in [2.45, 2.75) is 4.90 Å². The number of rotatable bonds is 6. The van der Waals surface area contributed by atoms with Crippen molar-refractivity contribution in [2.75, 3.05) is 5.32 Å². The van der Waals surface area contributed by atoms with Crippen molar-refractivity contribution in [1.29, 1.82) is 5.26 Å². The number of halogens is 2. The summed E-state index contributed by atoms with van der Waals surface area (Å²) in [6.45, 7) is 0. The van der Waals surface area contributed by atoms with Gasteiger partial charge < -0.3 is 9.50 Å². The van der Waals surface area contributed by atoms with Crippen LogP contribution in [0.4, 0.5) is 5.69 Å². The van der Waals surface area contributed by atoms with E-state index in [4.69, 9.17) is 27.4 Å². The largest absolute Gasteiger partial charge is 0.379 e. The van der Waals surface area contributed by atoms with Crippen molar-refractivity contribution in [3.63, 3.8) is 0 Å². The van der Waals surface area contributed by atoms with E-state index in [9.17, 15) is 18.5 Å². The number of anilines is 1. The maximum Gasteiger partial charge on any atom is 0.339 e. The second kappa shape index (κ2) is 9.67. The lowest BCUT2D eigenvalue weighted by atomic mass is 10.1. The van der Waals surface area contributed by atoms with Crippen molar-refractivity contribution < 1.29 is 17.4 Å². The molecule has 0 atom stereocenters. The van der Waals surface area contributed by atoms with Gasteiger partial charge in [-0.1, -0.05) is 41.4 Å². The monoisotopic (exact) mass is 472 g/mol. The zero-order chi connectivity index (χ0) is 22.4. The Hall–Kier alpha value is -3.31. The quantitative estimate of drug-likeness (QED) is 0.298. The fraction of sp³-hybridized carbons (Fsp3) is 0. The van der Waals surface area contributed by atoms with Crippen molar-refractivity contribution in [1.82, 2.24) is 0 Å². The van der Waals surface area contributed by atoms with Gasteiger partial charge in [-0.2, -0.15) is 13.7 Å². The number of nitriles is 1. The summed E-state index contributed by atoms with van der Waals surface area (Å²) in [7, 11) is -4.08. The van der Waals surface area contributed by atoms with Crippen molar-refractivity contribution in [3.05, 3.63) is 94.0 Å². The third-order valence-corrected chi connectivity index (χ3v) is 5.67. The van der Waals surface area contributed by atoms with Crippen molar-refractivity contribution in [3.8, 4) is 11.8 Å². The number of hydrogen-bond acceptors (Lipinski definition) is 5. The summed E-state index contributed by atoms with van der Waals surface area (Å²) in [5, 5.41) is 12.8. The predicted octanol–water partition coefficient (Wildman–Crippen LogP) is 5.31. The fourth-order valence-electron chi connectivity index (χ4n) is 2.51. The second-order valence-electron chi connectivity index (χ2n) is 6.20. The molecule has 0 aliphatic rings. The molecule has 0 radical (unpaired) electrons. The Morgan fingerprint density at radius 3 is 2.35 bits per heavy atom. The van der Waals surface area contributed by atoms with E-state index < -0.39 is 16.0 Å². The molecule has 3 aromatic rings. The molecule has 0 unspecified atom stereocenters. The number of nitrogens with one attached hydrogen (secondary N) is 1. The highest BCUT2D eigenvalue weighted by molar-refractivity contribution is 7.87. The van der Waals surface area contributed by atoms with E-state index in [1.165, 1.54) is 42.5 Å². The lowest BCUT2D eigenvalue weighted by Crippen LogP contribution is -2.13. The molecule has 1 amide bonds. The molecule has 0 saturated heterocycles. The number of hydrogen-bond donors (Lipinski definition) is 1. The highest BCUT2D eigenvalue weighted by Crippen LogP contribution is 2.23. The Kier molecular flexibility index (Phi) is 6.98. The van der Waals surface area contributed by atoms with Crippen LogP contribution in [0.1, 0.15) is 5.56 Å². The second-order valence-corrected chi connectivity index (χ2v) is 8.62. The molecule has 0 aromatic heterocycles. The van der Waals surface area contributed by atoms with Gasteiger partial charge in [-0.3, -0.25) is 4.79 Å². The number of amides is 1. The van der Waals surface area contributed by atoms with Crippen LogP contribution in [0, 0.1) is 11.3 Å². The Bertz CT molecular complexity index is 1300. The molecule has 6 nitrogen and oxygen atoms in total. The van der Waals surface area contributed by atoms with Crippen LogP contribution in [0.15, 0.2) is 83.3 Å². The summed E-state index contributed by atoms with van der Waals surface area (Å²) in [4.78, 5) is 12.3. The molecule has 0 aliphatic carbocycles. The number of carbonyl (C=O) groups is 1. The summed E-state index contributed by atoms with van der Waals surface area (Å²) < 4.78 is 30.0. The van der Waals surface area contributed by atoms with E-state index in [1.54, 1.807) is 36.4 Å². The number of benzene rings is 3. The minimum Gasteiger partial charge on any atom is -0.379 e. The molecular formula is C22H14Cl2N2O4S. The van der Waals surface area contributed by atoms with Gasteiger partial charge in [-0.25, -0.2) is 0 Å². The first-order valence-corrected chi connectivity index (χ1v) is 10.9. The van der Waals surface area contributed by atoms with Gasteiger partial charge in [0.2, 0.25) is 0 Å². The normalized spacial score (nSPS) is 11.5. The third kappa shape index (κ3) is 6.09. The first-order chi connectivity index (χ1) is 14.8. The SMILES string of the molecule is N#C/C(=C/c1cccc(OS(=O)(=O)c2ccc(Cl)cc2)c1)C(=O)Nc1cccc(Cl)c1. The van der Waals surface area contributed by atoms with E-state index in [-0.39, 0.29) is 16.2 Å². The van der Waals surface area contributed by atoms with Crippen LogP contribution in [0.2, 0.25) is 10.0 Å². The van der Waals surface area contributed by atoms with Crippen LogP contribution >= 0.6 is 23.2 Å². The van der Waals surface area contributed by atoms with Crippen LogP contribution in [-0.4, -0.2) is 14.3 Å². The molecule has 3 aromatic carbocycles. The maximum absolute atomic E-state index is 12.4. The van der Waals surface area contributed by atoms with E-state index in [2.05, 4.69) is 5.32 Å². The fourth-order valence-corrected chi connectivity index (χ4v) is 3.75. The Balaban J connectivity index is 1.81. The lowest BCUT2D eigenvalue weighted by molar-refractivity contribution is -0.112. The topological polar surface area (TPSA) is 96.3 Å². The average molecular weight is 473 g/mol. The smallest absolute Gasteiger partial charge is 0.339 e. The minimum absolute atomic E-state index is 0.0243. The summed E-state index contributed by atoms with van der Waals surface area (Å²) in [6, 6.07) is 19.9. The Labute approximate surface area is 189 Å². The zero-order valence-electron chi connectivity index (χ0n) is 15.7. The molecule has 1 N–H and O–H groups in total. The predicted molar refractivity (Wildman–Crippen MR) is 119 cm³/mol. The molecule has 0 saturated carbocycles. The van der Waals surface area contributed by atoms with Crippen LogP contribution in [0.3, 0.4) is 0 Å². The minimum atomic E-state index is -4.08. The van der Waals surface area contributed by atoms with Gasteiger partial charge in [-0.15, -0.1) is 0 Å². The van der Waals surface area contributed by atoms with E-state index in [0.717, 1.165) is 0 Å². The molecular weight excluding hydrogens is 459 g/mol.